The maximum Gasteiger partial charge on any atom is 0.295 e. The molecule has 0 radical (unpaired) electrons. The van der Waals surface area contributed by atoms with Gasteiger partial charge in [-0.15, -0.1) is 0 Å². The molecule has 0 saturated carbocycles. The Morgan fingerprint density at radius 1 is 1.19 bits per heavy atom. The molecule has 136 valence electrons. The third kappa shape index (κ3) is 3.45. The number of halogens is 2. The minimum atomic E-state index is -2.66. The molecule has 4 nitrogen and oxygen atoms in total. The van der Waals surface area contributed by atoms with Crippen LogP contribution in [0.5, 0.6) is 0 Å². The summed E-state index contributed by atoms with van der Waals surface area (Å²) in [5.41, 5.74) is 3.60. The van der Waals surface area contributed by atoms with Gasteiger partial charge in [-0.25, -0.2) is 13.8 Å². The highest BCUT2D eigenvalue weighted by molar-refractivity contribution is 5.97. The van der Waals surface area contributed by atoms with Crippen molar-refractivity contribution < 1.29 is 13.6 Å². The number of carbonyl (C=O) groups is 1. The predicted molar refractivity (Wildman–Crippen MR) is 97.4 cm³/mol. The van der Waals surface area contributed by atoms with Gasteiger partial charge in [-0.05, 0) is 42.7 Å². The lowest BCUT2D eigenvalue weighted by molar-refractivity contribution is 0.0940. The van der Waals surface area contributed by atoms with Gasteiger partial charge in [0.15, 0.2) is 5.82 Å². The van der Waals surface area contributed by atoms with Crippen molar-refractivity contribution in [3.05, 3.63) is 65.0 Å². The van der Waals surface area contributed by atoms with Crippen molar-refractivity contribution in [1.29, 1.82) is 0 Å². The Morgan fingerprint density at radius 3 is 2.50 bits per heavy atom. The molecular formula is C20H21F2N3O. The Bertz CT molecular complexity index is 932. The number of carbonyl (C=O) groups excluding carboxylic acids is 1. The molecule has 0 aliphatic heterocycles. The minimum Gasteiger partial charge on any atom is -0.346 e. The fourth-order valence-electron chi connectivity index (χ4n) is 2.96. The average molecular weight is 357 g/mol. The normalized spacial score (nSPS) is 12.5. The van der Waals surface area contributed by atoms with Crippen LogP contribution in [0.4, 0.5) is 8.78 Å². The molecule has 3 aromatic rings. The van der Waals surface area contributed by atoms with Crippen LogP contribution in [0.1, 0.15) is 53.6 Å². The van der Waals surface area contributed by atoms with Crippen molar-refractivity contribution in [3.8, 4) is 0 Å². The highest BCUT2D eigenvalue weighted by atomic mass is 19.3. The molecule has 2 aromatic carbocycles. The largest absolute Gasteiger partial charge is 0.346 e. The quantitative estimate of drug-likeness (QED) is 0.727. The molecule has 0 bridgehead atoms. The lowest BCUT2D eigenvalue weighted by Gasteiger charge is -2.15. The summed E-state index contributed by atoms with van der Waals surface area (Å²) in [4.78, 5) is 16.5. The van der Waals surface area contributed by atoms with Gasteiger partial charge in [0, 0.05) is 12.6 Å². The molecule has 1 heterocycles. The Labute approximate surface area is 150 Å². The topological polar surface area (TPSA) is 46.9 Å². The molecule has 0 saturated heterocycles. The molecule has 0 spiro atoms. The van der Waals surface area contributed by atoms with Crippen molar-refractivity contribution in [1.82, 2.24) is 14.9 Å². The van der Waals surface area contributed by atoms with E-state index in [4.69, 9.17) is 0 Å². The van der Waals surface area contributed by atoms with Gasteiger partial charge < -0.3 is 9.88 Å². The van der Waals surface area contributed by atoms with E-state index in [-0.39, 0.29) is 17.8 Å². The molecule has 0 fully saturated rings. The standard InChI is InChI=1S/C20H21F2N3O/c1-4-13-5-7-14(8-6-13)12(2)23-20(26)15-9-10-17-16(11-15)24-19(18(21)22)25(17)3/h5-12,18H,4H2,1-3H3,(H,23,26). The Balaban J connectivity index is 1.80. The first-order valence-corrected chi connectivity index (χ1v) is 8.55. The minimum absolute atomic E-state index is 0.163. The van der Waals surface area contributed by atoms with Crippen molar-refractivity contribution in [2.24, 2.45) is 7.05 Å². The van der Waals surface area contributed by atoms with Crippen LogP contribution in [0.3, 0.4) is 0 Å². The number of imidazole rings is 1. The van der Waals surface area contributed by atoms with Gasteiger partial charge >= 0.3 is 0 Å². The summed E-state index contributed by atoms with van der Waals surface area (Å²) < 4.78 is 27.3. The van der Waals surface area contributed by atoms with E-state index in [1.807, 2.05) is 31.2 Å². The third-order valence-corrected chi connectivity index (χ3v) is 4.61. The zero-order valence-electron chi connectivity index (χ0n) is 15.0. The molecule has 6 heteroatoms. The number of aryl methyl sites for hydroxylation is 2. The number of amides is 1. The van der Waals surface area contributed by atoms with Crippen LogP contribution in [-0.2, 0) is 13.5 Å². The predicted octanol–water partition coefficient (Wildman–Crippen LogP) is 4.56. The van der Waals surface area contributed by atoms with Gasteiger partial charge in [0.1, 0.15) is 0 Å². The van der Waals surface area contributed by atoms with Gasteiger partial charge in [-0.3, -0.25) is 4.79 Å². The Kier molecular flexibility index (Phi) is 5.02. The first kappa shape index (κ1) is 18.0. The monoisotopic (exact) mass is 357 g/mol. The molecule has 1 atom stereocenters. The van der Waals surface area contributed by atoms with E-state index < -0.39 is 6.43 Å². The molecule has 1 unspecified atom stereocenters. The number of fused-ring (bicyclic) bond motifs is 1. The Hall–Kier alpha value is -2.76. The van der Waals surface area contributed by atoms with Gasteiger partial charge in [0.05, 0.1) is 17.1 Å². The fourth-order valence-corrected chi connectivity index (χ4v) is 2.96. The van der Waals surface area contributed by atoms with E-state index in [9.17, 15) is 13.6 Å². The number of aromatic nitrogens is 2. The first-order chi connectivity index (χ1) is 12.4. The van der Waals surface area contributed by atoms with Gasteiger partial charge in [-0.2, -0.15) is 0 Å². The van der Waals surface area contributed by atoms with Crippen LogP contribution in [0.25, 0.3) is 11.0 Å². The van der Waals surface area contributed by atoms with E-state index in [0.29, 0.717) is 16.6 Å². The number of alkyl halides is 2. The summed E-state index contributed by atoms with van der Waals surface area (Å²) in [6, 6.07) is 12.7. The zero-order chi connectivity index (χ0) is 18.8. The van der Waals surface area contributed by atoms with Crippen LogP contribution in [-0.4, -0.2) is 15.5 Å². The maximum atomic E-state index is 13.0. The summed E-state index contributed by atoms with van der Waals surface area (Å²) in [7, 11) is 1.54. The number of hydrogen-bond acceptors (Lipinski definition) is 2. The summed E-state index contributed by atoms with van der Waals surface area (Å²) in [6.07, 6.45) is -1.69. The van der Waals surface area contributed by atoms with E-state index in [2.05, 4.69) is 17.2 Å². The average Bonchev–Trinajstić information content (AvgIpc) is 2.98. The van der Waals surface area contributed by atoms with Crippen molar-refractivity contribution >= 4 is 16.9 Å². The summed E-state index contributed by atoms with van der Waals surface area (Å²) in [5, 5.41) is 2.94. The third-order valence-electron chi connectivity index (χ3n) is 4.61. The van der Waals surface area contributed by atoms with Crippen molar-refractivity contribution in [2.75, 3.05) is 0 Å². The number of rotatable bonds is 5. The van der Waals surface area contributed by atoms with Gasteiger partial charge in [0.25, 0.3) is 12.3 Å². The van der Waals surface area contributed by atoms with E-state index in [0.717, 1.165) is 12.0 Å². The van der Waals surface area contributed by atoms with Crippen LogP contribution >= 0.6 is 0 Å². The lowest BCUT2D eigenvalue weighted by atomic mass is 10.0. The number of benzene rings is 2. The van der Waals surface area contributed by atoms with E-state index in [1.165, 1.54) is 10.1 Å². The molecule has 0 aliphatic carbocycles. The molecule has 1 aromatic heterocycles. The molecule has 0 aliphatic rings. The van der Waals surface area contributed by atoms with Crippen LogP contribution in [0.15, 0.2) is 42.5 Å². The summed E-state index contributed by atoms with van der Waals surface area (Å²) in [6.45, 7) is 4.00. The fraction of sp³-hybridized carbons (Fsp3) is 0.300. The second-order valence-electron chi connectivity index (χ2n) is 6.32. The highest BCUT2D eigenvalue weighted by Gasteiger charge is 2.18. The second kappa shape index (κ2) is 7.23. The second-order valence-corrected chi connectivity index (χ2v) is 6.32. The number of nitrogens with zero attached hydrogens (tertiary/aromatic N) is 2. The first-order valence-electron chi connectivity index (χ1n) is 8.55. The maximum absolute atomic E-state index is 13.0. The van der Waals surface area contributed by atoms with Crippen molar-refractivity contribution in [2.45, 2.75) is 32.7 Å². The van der Waals surface area contributed by atoms with Gasteiger partial charge in [0.2, 0.25) is 0 Å². The van der Waals surface area contributed by atoms with Crippen LogP contribution in [0, 0.1) is 0 Å². The van der Waals surface area contributed by atoms with Gasteiger partial charge in [-0.1, -0.05) is 31.2 Å². The molecule has 1 N–H and O–H groups in total. The summed E-state index contributed by atoms with van der Waals surface area (Å²) >= 11 is 0. The SMILES string of the molecule is CCc1ccc(C(C)NC(=O)c2ccc3c(c2)nc(C(F)F)n3C)cc1. The van der Waals surface area contributed by atoms with E-state index >= 15 is 0 Å². The molecule has 26 heavy (non-hydrogen) atoms. The number of hydrogen-bond donors (Lipinski definition) is 1. The van der Waals surface area contributed by atoms with Crippen LogP contribution in [0.2, 0.25) is 0 Å². The molecule has 3 rings (SSSR count). The lowest BCUT2D eigenvalue weighted by Crippen LogP contribution is -2.26. The Morgan fingerprint density at radius 2 is 1.88 bits per heavy atom. The smallest absolute Gasteiger partial charge is 0.295 e. The zero-order valence-corrected chi connectivity index (χ0v) is 15.0. The highest BCUT2D eigenvalue weighted by Crippen LogP contribution is 2.24. The molecular weight excluding hydrogens is 336 g/mol. The van der Waals surface area contributed by atoms with Crippen LogP contribution < -0.4 is 5.32 Å². The van der Waals surface area contributed by atoms with Crippen molar-refractivity contribution in [3.63, 3.8) is 0 Å². The number of nitrogens with one attached hydrogen (secondary N) is 1. The van der Waals surface area contributed by atoms with E-state index in [1.54, 1.807) is 25.2 Å². The summed E-state index contributed by atoms with van der Waals surface area (Å²) in [5.74, 6) is -0.565. The molecule has 1 amide bonds.